The Morgan fingerprint density at radius 3 is 2.75 bits per heavy atom. The zero-order chi connectivity index (χ0) is 14.7. The molecule has 1 fully saturated rings. The van der Waals surface area contributed by atoms with Crippen LogP contribution in [0.1, 0.15) is 45.6 Å². The molecule has 20 heavy (non-hydrogen) atoms. The van der Waals surface area contributed by atoms with Gasteiger partial charge in [0.05, 0.1) is 5.02 Å². The van der Waals surface area contributed by atoms with Gasteiger partial charge in [-0.3, -0.25) is 0 Å². The first-order valence-corrected chi connectivity index (χ1v) is 8.06. The van der Waals surface area contributed by atoms with Crippen molar-refractivity contribution in [3.63, 3.8) is 0 Å². The first-order valence-electron chi connectivity index (χ1n) is 7.68. The van der Waals surface area contributed by atoms with E-state index in [4.69, 9.17) is 11.6 Å². The summed E-state index contributed by atoms with van der Waals surface area (Å²) < 4.78 is 0. The predicted molar refractivity (Wildman–Crippen MR) is 85.1 cm³/mol. The van der Waals surface area contributed by atoms with Gasteiger partial charge in [-0.15, -0.1) is 0 Å². The lowest BCUT2D eigenvalue weighted by atomic mass is 9.74. The van der Waals surface area contributed by atoms with Crippen LogP contribution in [-0.4, -0.2) is 11.1 Å². The standard InChI is InChI=1S/C17H26ClNO/c1-11(2)14-6-4-12(3)8-16(14)19-10-13-5-7-17(20)15(18)9-13/h5,7,9,11-12,14,16,19-20H,4,6,8,10H2,1-3H3. The summed E-state index contributed by atoms with van der Waals surface area (Å²) in [6, 6.07) is 6.04. The van der Waals surface area contributed by atoms with Gasteiger partial charge in [0.15, 0.2) is 0 Å². The number of rotatable bonds is 4. The van der Waals surface area contributed by atoms with Gasteiger partial charge in [-0.05, 0) is 48.3 Å². The van der Waals surface area contributed by atoms with Gasteiger partial charge in [-0.1, -0.05) is 44.9 Å². The van der Waals surface area contributed by atoms with Gasteiger partial charge < -0.3 is 10.4 Å². The maximum atomic E-state index is 9.46. The lowest BCUT2D eigenvalue weighted by Crippen LogP contribution is -2.42. The number of phenolic OH excluding ortho intramolecular Hbond substituents is 1. The molecule has 112 valence electrons. The average molecular weight is 296 g/mol. The van der Waals surface area contributed by atoms with Crippen molar-refractivity contribution in [1.29, 1.82) is 0 Å². The van der Waals surface area contributed by atoms with Crippen molar-refractivity contribution in [2.75, 3.05) is 0 Å². The highest BCUT2D eigenvalue weighted by Crippen LogP contribution is 2.33. The van der Waals surface area contributed by atoms with E-state index in [1.165, 1.54) is 19.3 Å². The first kappa shape index (κ1) is 15.7. The molecule has 0 heterocycles. The van der Waals surface area contributed by atoms with Crippen molar-refractivity contribution in [3.8, 4) is 5.75 Å². The minimum absolute atomic E-state index is 0.154. The molecule has 0 aliphatic heterocycles. The molecule has 0 aromatic heterocycles. The molecule has 0 spiro atoms. The molecule has 1 aliphatic carbocycles. The smallest absolute Gasteiger partial charge is 0.134 e. The Kier molecular flexibility index (Phi) is 5.34. The number of aromatic hydroxyl groups is 1. The fourth-order valence-electron chi connectivity index (χ4n) is 3.35. The monoisotopic (exact) mass is 295 g/mol. The van der Waals surface area contributed by atoms with Crippen molar-refractivity contribution >= 4 is 11.6 Å². The number of nitrogens with one attached hydrogen (secondary N) is 1. The molecule has 1 aliphatic rings. The topological polar surface area (TPSA) is 32.3 Å². The van der Waals surface area contributed by atoms with Crippen LogP contribution in [0.4, 0.5) is 0 Å². The van der Waals surface area contributed by atoms with E-state index in [0.29, 0.717) is 11.1 Å². The number of hydrogen-bond donors (Lipinski definition) is 2. The Hall–Kier alpha value is -0.730. The minimum atomic E-state index is 0.154. The Labute approximate surface area is 127 Å². The fraction of sp³-hybridized carbons (Fsp3) is 0.647. The van der Waals surface area contributed by atoms with E-state index in [0.717, 1.165) is 29.9 Å². The summed E-state index contributed by atoms with van der Waals surface area (Å²) in [5, 5.41) is 13.6. The highest BCUT2D eigenvalue weighted by Gasteiger charge is 2.30. The summed E-state index contributed by atoms with van der Waals surface area (Å²) in [4.78, 5) is 0. The molecule has 2 rings (SSSR count). The maximum Gasteiger partial charge on any atom is 0.134 e. The van der Waals surface area contributed by atoms with Crippen LogP contribution in [0.15, 0.2) is 18.2 Å². The summed E-state index contributed by atoms with van der Waals surface area (Å²) in [7, 11) is 0. The lowest BCUT2D eigenvalue weighted by Gasteiger charge is -2.38. The van der Waals surface area contributed by atoms with Crippen LogP contribution in [0.3, 0.4) is 0 Å². The highest BCUT2D eigenvalue weighted by molar-refractivity contribution is 6.32. The molecule has 2 N–H and O–H groups in total. The number of halogens is 1. The summed E-state index contributed by atoms with van der Waals surface area (Å²) in [6.07, 6.45) is 3.94. The molecule has 1 saturated carbocycles. The zero-order valence-corrected chi connectivity index (χ0v) is 13.5. The second kappa shape index (κ2) is 6.82. The van der Waals surface area contributed by atoms with Crippen molar-refractivity contribution < 1.29 is 5.11 Å². The normalized spacial score (nSPS) is 26.9. The molecule has 0 radical (unpaired) electrons. The van der Waals surface area contributed by atoms with Crippen molar-refractivity contribution in [2.45, 2.75) is 52.6 Å². The molecular weight excluding hydrogens is 270 g/mol. The second-order valence-corrected chi connectivity index (χ2v) is 7.01. The molecule has 2 nitrogen and oxygen atoms in total. The molecular formula is C17H26ClNO. The molecule has 0 saturated heterocycles. The van der Waals surface area contributed by atoms with Crippen molar-refractivity contribution in [3.05, 3.63) is 28.8 Å². The highest BCUT2D eigenvalue weighted by atomic mass is 35.5. The molecule has 0 amide bonds. The van der Waals surface area contributed by atoms with E-state index in [9.17, 15) is 5.11 Å². The third kappa shape index (κ3) is 3.89. The molecule has 3 unspecified atom stereocenters. The fourth-order valence-corrected chi connectivity index (χ4v) is 3.55. The Balaban J connectivity index is 1.98. The van der Waals surface area contributed by atoms with Gasteiger partial charge in [0.25, 0.3) is 0 Å². The Morgan fingerprint density at radius 2 is 2.10 bits per heavy atom. The van der Waals surface area contributed by atoms with Crippen LogP contribution >= 0.6 is 11.6 Å². The summed E-state index contributed by atoms with van der Waals surface area (Å²) in [5.74, 6) is 2.45. The van der Waals surface area contributed by atoms with Gasteiger partial charge in [-0.2, -0.15) is 0 Å². The molecule has 1 aromatic carbocycles. The van der Waals surface area contributed by atoms with Gasteiger partial charge >= 0.3 is 0 Å². The van der Waals surface area contributed by atoms with Crippen LogP contribution < -0.4 is 5.32 Å². The molecule has 1 aromatic rings. The van der Waals surface area contributed by atoms with E-state index in [1.807, 2.05) is 12.1 Å². The van der Waals surface area contributed by atoms with Crippen LogP contribution in [0.2, 0.25) is 5.02 Å². The summed E-state index contributed by atoms with van der Waals surface area (Å²) in [5.41, 5.74) is 1.13. The van der Waals surface area contributed by atoms with Gasteiger partial charge in [0.2, 0.25) is 0 Å². The Morgan fingerprint density at radius 1 is 1.35 bits per heavy atom. The van der Waals surface area contributed by atoms with E-state index < -0.39 is 0 Å². The van der Waals surface area contributed by atoms with Crippen LogP contribution in [0, 0.1) is 17.8 Å². The number of hydrogen-bond acceptors (Lipinski definition) is 2. The van der Waals surface area contributed by atoms with E-state index in [1.54, 1.807) is 6.07 Å². The van der Waals surface area contributed by atoms with Crippen LogP contribution in [0.25, 0.3) is 0 Å². The second-order valence-electron chi connectivity index (χ2n) is 6.60. The SMILES string of the molecule is CC1CCC(C(C)C)C(NCc2ccc(O)c(Cl)c2)C1. The number of phenols is 1. The summed E-state index contributed by atoms with van der Waals surface area (Å²) >= 11 is 5.96. The van der Waals surface area contributed by atoms with Gasteiger partial charge in [0, 0.05) is 12.6 Å². The third-order valence-corrected chi connectivity index (χ3v) is 4.91. The molecule has 3 heteroatoms. The van der Waals surface area contributed by atoms with Crippen molar-refractivity contribution in [1.82, 2.24) is 5.32 Å². The minimum Gasteiger partial charge on any atom is -0.506 e. The maximum absolute atomic E-state index is 9.46. The van der Waals surface area contributed by atoms with E-state index >= 15 is 0 Å². The van der Waals surface area contributed by atoms with Crippen molar-refractivity contribution in [2.24, 2.45) is 17.8 Å². The van der Waals surface area contributed by atoms with E-state index in [2.05, 4.69) is 26.1 Å². The molecule has 0 bridgehead atoms. The largest absolute Gasteiger partial charge is 0.506 e. The average Bonchev–Trinajstić information content (AvgIpc) is 2.40. The third-order valence-electron chi connectivity index (χ3n) is 4.60. The van der Waals surface area contributed by atoms with Crippen LogP contribution in [-0.2, 0) is 6.54 Å². The van der Waals surface area contributed by atoms with Crippen LogP contribution in [0.5, 0.6) is 5.75 Å². The number of benzene rings is 1. The predicted octanol–water partition coefficient (Wildman–Crippen LogP) is 4.60. The van der Waals surface area contributed by atoms with E-state index in [-0.39, 0.29) is 5.75 Å². The van der Waals surface area contributed by atoms with Gasteiger partial charge in [0.1, 0.15) is 5.75 Å². The molecule has 3 atom stereocenters. The first-order chi connectivity index (χ1) is 9.47. The zero-order valence-electron chi connectivity index (χ0n) is 12.7. The Bertz CT molecular complexity index is 447. The van der Waals surface area contributed by atoms with Gasteiger partial charge in [-0.25, -0.2) is 0 Å². The lowest BCUT2D eigenvalue weighted by molar-refractivity contribution is 0.169. The quantitative estimate of drug-likeness (QED) is 0.851. The summed E-state index contributed by atoms with van der Waals surface area (Å²) in [6.45, 7) is 7.82.